The maximum atomic E-state index is 13.4. The number of aryl methyl sites for hydroxylation is 1. The lowest BCUT2D eigenvalue weighted by atomic mass is 10.1. The Morgan fingerprint density at radius 3 is 2.33 bits per heavy atom. The second kappa shape index (κ2) is 9.58. The van der Waals surface area contributed by atoms with Gasteiger partial charge in [-0.15, -0.1) is 0 Å². The molecule has 0 radical (unpaired) electrons. The minimum Gasteiger partial charge on any atom is -0.497 e. The van der Waals surface area contributed by atoms with Gasteiger partial charge in [0.2, 0.25) is 0 Å². The van der Waals surface area contributed by atoms with Gasteiger partial charge in [0.15, 0.2) is 5.76 Å². The molecule has 1 aliphatic rings. The molecule has 0 saturated carbocycles. The number of rotatable bonds is 7. The minimum absolute atomic E-state index is 0.106. The summed E-state index contributed by atoms with van der Waals surface area (Å²) in [5.41, 5.74) is 2.10. The molecule has 2 heterocycles. The first kappa shape index (κ1) is 22.7. The Hall–Kier alpha value is -3.46. The largest absolute Gasteiger partial charge is 0.497 e. The van der Waals surface area contributed by atoms with E-state index >= 15 is 0 Å². The second-order valence-electron chi connectivity index (χ2n) is 7.95. The molecule has 0 unspecified atom stereocenters. The van der Waals surface area contributed by atoms with Crippen LogP contribution in [0.5, 0.6) is 5.75 Å². The van der Waals surface area contributed by atoms with E-state index in [-0.39, 0.29) is 10.7 Å². The third kappa shape index (κ3) is 5.14. The fourth-order valence-electron chi connectivity index (χ4n) is 3.87. The first-order valence-electron chi connectivity index (χ1n) is 10.8. The van der Waals surface area contributed by atoms with E-state index in [2.05, 4.69) is 14.9 Å². The number of carbonyl (C=O) groups excluding carboxylic acids is 1. The zero-order valence-electron chi connectivity index (χ0n) is 18.6. The second-order valence-corrected chi connectivity index (χ2v) is 9.60. The summed E-state index contributed by atoms with van der Waals surface area (Å²) >= 11 is 0. The lowest BCUT2D eigenvalue weighted by molar-refractivity contribution is 0.0996. The number of piperidine rings is 1. The number of benzene rings is 2. The summed E-state index contributed by atoms with van der Waals surface area (Å²) in [6.07, 6.45) is 4.57. The van der Waals surface area contributed by atoms with Crippen LogP contribution in [-0.2, 0) is 10.0 Å². The Morgan fingerprint density at radius 1 is 1.00 bits per heavy atom. The predicted octanol–water partition coefficient (Wildman–Crippen LogP) is 4.64. The van der Waals surface area contributed by atoms with E-state index in [4.69, 9.17) is 9.15 Å². The molecule has 9 heteroatoms. The van der Waals surface area contributed by atoms with Crippen molar-refractivity contribution in [1.82, 2.24) is 0 Å². The molecule has 1 fully saturated rings. The van der Waals surface area contributed by atoms with Gasteiger partial charge in [0, 0.05) is 30.0 Å². The number of hydrogen-bond acceptors (Lipinski definition) is 6. The topological polar surface area (TPSA) is 101 Å². The van der Waals surface area contributed by atoms with Crippen LogP contribution < -0.4 is 19.7 Å². The Kier molecular flexibility index (Phi) is 6.60. The van der Waals surface area contributed by atoms with E-state index in [0.717, 1.165) is 32.4 Å². The third-order valence-corrected chi connectivity index (χ3v) is 7.02. The van der Waals surface area contributed by atoms with Crippen molar-refractivity contribution in [2.75, 3.05) is 35.1 Å². The normalized spacial score (nSPS) is 14.1. The van der Waals surface area contributed by atoms with E-state index in [0.29, 0.717) is 28.4 Å². The first-order chi connectivity index (χ1) is 15.9. The Labute approximate surface area is 193 Å². The fourth-order valence-corrected chi connectivity index (χ4v) is 5.18. The highest BCUT2D eigenvalue weighted by molar-refractivity contribution is 7.92. The highest BCUT2D eigenvalue weighted by Crippen LogP contribution is 2.32. The molecule has 4 rings (SSSR count). The van der Waals surface area contributed by atoms with Crippen LogP contribution in [-0.4, -0.2) is 34.5 Å². The third-order valence-electron chi connectivity index (χ3n) is 5.61. The number of nitrogens with one attached hydrogen (secondary N) is 2. The maximum Gasteiger partial charge on any atom is 0.291 e. The van der Waals surface area contributed by atoms with Crippen molar-refractivity contribution in [3.63, 3.8) is 0 Å². The van der Waals surface area contributed by atoms with Crippen LogP contribution in [0.15, 0.2) is 64.1 Å². The van der Waals surface area contributed by atoms with Gasteiger partial charge in [0.25, 0.3) is 15.9 Å². The summed E-state index contributed by atoms with van der Waals surface area (Å²) in [4.78, 5) is 14.8. The number of hydrogen-bond donors (Lipinski definition) is 2. The van der Waals surface area contributed by atoms with Crippen LogP contribution in [0.4, 0.5) is 17.1 Å². The highest BCUT2D eigenvalue weighted by atomic mass is 32.2. The van der Waals surface area contributed by atoms with Crippen LogP contribution in [0, 0.1) is 6.92 Å². The van der Waals surface area contributed by atoms with Crippen LogP contribution in [0.2, 0.25) is 0 Å². The van der Waals surface area contributed by atoms with Gasteiger partial charge in [-0.2, -0.15) is 0 Å². The van der Waals surface area contributed by atoms with Gasteiger partial charge in [0.1, 0.15) is 10.6 Å². The molecule has 2 N–H and O–H groups in total. The van der Waals surface area contributed by atoms with Gasteiger partial charge in [-0.3, -0.25) is 9.52 Å². The predicted molar refractivity (Wildman–Crippen MR) is 128 cm³/mol. The molecule has 2 aromatic carbocycles. The number of anilines is 3. The quantitative estimate of drug-likeness (QED) is 0.523. The van der Waals surface area contributed by atoms with Gasteiger partial charge in [-0.25, -0.2) is 8.42 Å². The van der Waals surface area contributed by atoms with Crippen molar-refractivity contribution in [3.8, 4) is 5.75 Å². The molecule has 1 amide bonds. The molecule has 3 aromatic rings. The van der Waals surface area contributed by atoms with Crippen molar-refractivity contribution in [3.05, 3.63) is 66.1 Å². The SMILES string of the molecule is COc1ccc(NS(=O)(=O)c2cc(NC(=O)c3occc3C)ccc2N2CCCCC2)cc1. The van der Waals surface area contributed by atoms with E-state index in [1.165, 1.54) is 12.3 Å². The zero-order chi connectivity index (χ0) is 23.4. The standard InChI is InChI=1S/C24H27N3O5S/c1-17-12-15-32-23(17)24(28)25-19-8-11-21(27-13-4-3-5-14-27)22(16-19)33(29,30)26-18-6-9-20(31-2)10-7-18/h6-12,15-16,26H,3-5,13-14H2,1-2H3,(H,25,28). The van der Waals surface area contributed by atoms with E-state index in [1.54, 1.807) is 56.5 Å². The van der Waals surface area contributed by atoms with Crippen LogP contribution in [0.3, 0.4) is 0 Å². The van der Waals surface area contributed by atoms with Gasteiger partial charge in [-0.05, 0) is 74.7 Å². The van der Waals surface area contributed by atoms with Crippen molar-refractivity contribution >= 4 is 33.0 Å². The van der Waals surface area contributed by atoms with Crippen molar-refractivity contribution in [1.29, 1.82) is 0 Å². The smallest absolute Gasteiger partial charge is 0.291 e. The summed E-state index contributed by atoms with van der Waals surface area (Å²) in [5.74, 6) is 0.385. The summed E-state index contributed by atoms with van der Waals surface area (Å²) < 4.78 is 39.9. The molecular weight excluding hydrogens is 442 g/mol. The van der Waals surface area contributed by atoms with E-state index in [9.17, 15) is 13.2 Å². The molecule has 1 saturated heterocycles. The average molecular weight is 470 g/mol. The van der Waals surface area contributed by atoms with Crippen LogP contribution >= 0.6 is 0 Å². The summed E-state index contributed by atoms with van der Waals surface area (Å²) in [7, 11) is -2.39. The molecule has 1 aliphatic heterocycles. The molecule has 0 bridgehead atoms. The minimum atomic E-state index is -3.94. The van der Waals surface area contributed by atoms with E-state index < -0.39 is 15.9 Å². The van der Waals surface area contributed by atoms with Gasteiger partial charge in [0.05, 0.1) is 19.1 Å². The molecule has 0 spiro atoms. The summed E-state index contributed by atoms with van der Waals surface area (Å²) in [6.45, 7) is 3.33. The lowest BCUT2D eigenvalue weighted by Gasteiger charge is -2.30. The molecule has 174 valence electrons. The number of furan rings is 1. The molecule has 0 atom stereocenters. The number of ether oxygens (including phenoxy) is 1. The van der Waals surface area contributed by atoms with Crippen molar-refractivity contribution < 1.29 is 22.4 Å². The molecule has 8 nitrogen and oxygen atoms in total. The van der Waals surface area contributed by atoms with Crippen molar-refractivity contribution in [2.45, 2.75) is 31.1 Å². The average Bonchev–Trinajstić information content (AvgIpc) is 3.26. The lowest BCUT2D eigenvalue weighted by Crippen LogP contribution is -2.31. The van der Waals surface area contributed by atoms with Gasteiger partial charge >= 0.3 is 0 Å². The Bertz CT molecular complexity index is 1230. The van der Waals surface area contributed by atoms with Gasteiger partial charge in [-0.1, -0.05) is 0 Å². The first-order valence-corrected chi connectivity index (χ1v) is 12.3. The monoisotopic (exact) mass is 469 g/mol. The van der Waals surface area contributed by atoms with Crippen molar-refractivity contribution in [2.24, 2.45) is 0 Å². The highest BCUT2D eigenvalue weighted by Gasteiger charge is 2.25. The Morgan fingerprint density at radius 2 is 1.70 bits per heavy atom. The number of methoxy groups -OCH3 is 1. The Balaban J connectivity index is 1.68. The molecule has 33 heavy (non-hydrogen) atoms. The molecule has 1 aromatic heterocycles. The maximum absolute atomic E-state index is 13.4. The number of amides is 1. The number of nitrogens with zero attached hydrogens (tertiary/aromatic N) is 1. The summed E-state index contributed by atoms with van der Waals surface area (Å²) in [6, 6.07) is 13.3. The molecular formula is C24H27N3O5S. The number of sulfonamides is 1. The van der Waals surface area contributed by atoms with Crippen LogP contribution in [0.25, 0.3) is 0 Å². The van der Waals surface area contributed by atoms with Gasteiger partial charge < -0.3 is 19.4 Å². The number of carbonyl (C=O) groups is 1. The van der Waals surface area contributed by atoms with E-state index in [1.807, 2.05) is 0 Å². The van der Waals surface area contributed by atoms with Crippen LogP contribution in [0.1, 0.15) is 35.4 Å². The zero-order valence-corrected chi connectivity index (χ0v) is 19.4. The molecule has 0 aliphatic carbocycles. The fraction of sp³-hybridized carbons (Fsp3) is 0.292. The summed E-state index contributed by atoms with van der Waals surface area (Å²) in [5, 5.41) is 2.75.